The van der Waals surface area contributed by atoms with Gasteiger partial charge in [-0.3, -0.25) is 19.5 Å². The van der Waals surface area contributed by atoms with Crippen LogP contribution in [0.5, 0.6) is 0 Å². The summed E-state index contributed by atoms with van der Waals surface area (Å²) in [5.74, 6) is -1.21. The lowest BCUT2D eigenvalue weighted by Gasteiger charge is -2.33. The lowest BCUT2D eigenvalue weighted by Crippen LogP contribution is -2.55. The van der Waals surface area contributed by atoms with Gasteiger partial charge < -0.3 is 24.3 Å². The second kappa shape index (κ2) is 13.7. The van der Waals surface area contributed by atoms with Gasteiger partial charge in [0.25, 0.3) is 0 Å². The first-order valence-corrected chi connectivity index (χ1v) is 15.5. The molecule has 1 N–H and O–H groups in total. The molecule has 0 unspecified atom stereocenters. The Morgan fingerprint density at radius 3 is 2.49 bits per heavy atom. The fourth-order valence-electron chi connectivity index (χ4n) is 5.53. The SMILES string of the molecule is CCOC(=O)c1cn(-c2cncc([C@@H]3CCCN3C(=O)[C@@H](NC(=O)[C@H](C)N(C)C(=O)OC(C)(C)C)C(C)C)c2)c2ccccc12. The van der Waals surface area contributed by atoms with Crippen LogP contribution < -0.4 is 5.32 Å². The maximum absolute atomic E-state index is 14.0. The Balaban J connectivity index is 1.57. The number of para-hydroxylation sites is 1. The van der Waals surface area contributed by atoms with Crippen molar-refractivity contribution in [1.82, 2.24) is 24.7 Å². The molecule has 4 rings (SSSR count). The summed E-state index contributed by atoms with van der Waals surface area (Å²) >= 11 is 0. The first-order valence-electron chi connectivity index (χ1n) is 15.5. The molecule has 0 aliphatic carbocycles. The summed E-state index contributed by atoms with van der Waals surface area (Å²) in [5.41, 5.74) is 2.23. The largest absolute Gasteiger partial charge is 0.462 e. The van der Waals surface area contributed by atoms with Crippen molar-refractivity contribution >= 4 is 34.8 Å². The number of pyridine rings is 1. The Labute approximate surface area is 264 Å². The molecule has 3 heterocycles. The quantitative estimate of drug-likeness (QED) is 0.324. The fourth-order valence-corrected chi connectivity index (χ4v) is 5.53. The second-order valence-corrected chi connectivity index (χ2v) is 12.8. The maximum Gasteiger partial charge on any atom is 0.410 e. The third kappa shape index (κ3) is 7.46. The molecule has 11 nitrogen and oxygen atoms in total. The van der Waals surface area contributed by atoms with Crippen LogP contribution in [0.1, 0.15) is 83.3 Å². The van der Waals surface area contributed by atoms with E-state index in [0.29, 0.717) is 12.1 Å². The molecule has 1 aliphatic heterocycles. The van der Waals surface area contributed by atoms with E-state index in [0.717, 1.165) is 35.0 Å². The van der Waals surface area contributed by atoms with Crippen molar-refractivity contribution in [3.63, 3.8) is 0 Å². The Kier molecular flexibility index (Phi) is 10.2. The van der Waals surface area contributed by atoms with Crippen molar-refractivity contribution < 1.29 is 28.7 Å². The van der Waals surface area contributed by atoms with E-state index in [2.05, 4.69) is 10.3 Å². The minimum atomic E-state index is -0.847. The number of nitrogens with one attached hydrogen (secondary N) is 1. The van der Waals surface area contributed by atoms with E-state index in [-0.39, 0.29) is 24.5 Å². The van der Waals surface area contributed by atoms with Crippen LogP contribution in [0.25, 0.3) is 16.6 Å². The average molecular weight is 620 g/mol. The van der Waals surface area contributed by atoms with Crippen LogP contribution in [-0.4, -0.2) is 81.1 Å². The summed E-state index contributed by atoms with van der Waals surface area (Å²) < 4.78 is 12.6. The van der Waals surface area contributed by atoms with Gasteiger partial charge in [0.2, 0.25) is 11.8 Å². The number of ether oxygens (including phenoxy) is 2. The van der Waals surface area contributed by atoms with Crippen molar-refractivity contribution in [1.29, 1.82) is 0 Å². The zero-order valence-electron chi connectivity index (χ0n) is 27.5. The number of likely N-dealkylation sites (N-methyl/N-ethyl adjacent to an activating group) is 1. The number of hydrogen-bond acceptors (Lipinski definition) is 7. The normalized spacial score (nSPS) is 16.4. The lowest BCUT2D eigenvalue weighted by atomic mass is 10.00. The van der Waals surface area contributed by atoms with Crippen molar-refractivity contribution in [2.24, 2.45) is 5.92 Å². The molecule has 11 heteroatoms. The van der Waals surface area contributed by atoms with Crippen molar-refractivity contribution in [3.05, 3.63) is 60.0 Å². The molecule has 2 aromatic heterocycles. The molecule has 1 fully saturated rings. The van der Waals surface area contributed by atoms with Crippen LogP contribution in [0.3, 0.4) is 0 Å². The first-order chi connectivity index (χ1) is 21.2. The van der Waals surface area contributed by atoms with Gasteiger partial charge in [-0.25, -0.2) is 9.59 Å². The Bertz CT molecular complexity index is 1560. The van der Waals surface area contributed by atoms with Crippen LogP contribution in [0.2, 0.25) is 0 Å². The molecule has 1 aliphatic rings. The van der Waals surface area contributed by atoms with Crippen LogP contribution in [0.4, 0.5) is 4.79 Å². The lowest BCUT2D eigenvalue weighted by molar-refractivity contribution is -0.139. The number of benzene rings is 1. The van der Waals surface area contributed by atoms with Gasteiger partial charge in [-0.1, -0.05) is 32.0 Å². The molecule has 0 spiro atoms. The van der Waals surface area contributed by atoms with Gasteiger partial charge in [0, 0.05) is 31.4 Å². The number of amides is 3. The van der Waals surface area contributed by atoms with E-state index < -0.39 is 35.7 Å². The highest BCUT2D eigenvalue weighted by Crippen LogP contribution is 2.34. The maximum atomic E-state index is 14.0. The standard InChI is InChI=1S/C34H45N5O6/c1-9-44-32(42)26-20-39(28-14-11-10-13-25(26)28)24-17-23(18-35-19-24)27-15-12-16-38(27)31(41)29(21(2)3)36-30(40)22(4)37(8)33(43)45-34(5,6)7/h10-11,13-14,17-22,27,29H,9,12,15-16H2,1-8H3,(H,36,40)/t22-,27-,29-/m0/s1. The number of nitrogens with zero attached hydrogens (tertiary/aromatic N) is 4. The number of rotatable bonds is 9. The molecule has 45 heavy (non-hydrogen) atoms. The molecule has 3 atom stereocenters. The van der Waals surface area contributed by atoms with Crippen LogP contribution in [0, 0.1) is 5.92 Å². The zero-order chi connectivity index (χ0) is 33.1. The molecular weight excluding hydrogens is 574 g/mol. The summed E-state index contributed by atoms with van der Waals surface area (Å²) in [6, 6.07) is 7.74. The number of hydrogen-bond donors (Lipinski definition) is 1. The smallest absolute Gasteiger partial charge is 0.410 e. The van der Waals surface area contributed by atoms with E-state index in [4.69, 9.17) is 9.47 Å². The number of aromatic nitrogens is 2. The summed E-state index contributed by atoms with van der Waals surface area (Å²) in [6.07, 6.45) is 6.18. The number of likely N-dealkylation sites (tertiary alicyclic amines) is 1. The molecule has 0 saturated carbocycles. The molecule has 0 radical (unpaired) electrons. The Morgan fingerprint density at radius 2 is 1.82 bits per heavy atom. The van der Waals surface area contributed by atoms with Gasteiger partial charge >= 0.3 is 12.1 Å². The van der Waals surface area contributed by atoms with E-state index in [1.165, 1.54) is 11.9 Å². The van der Waals surface area contributed by atoms with Gasteiger partial charge in [0.15, 0.2) is 0 Å². The van der Waals surface area contributed by atoms with Gasteiger partial charge in [-0.05, 0) is 71.1 Å². The average Bonchev–Trinajstić information content (AvgIpc) is 3.64. The molecule has 1 saturated heterocycles. The Hall–Kier alpha value is -4.41. The van der Waals surface area contributed by atoms with Crippen LogP contribution >= 0.6 is 0 Å². The molecule has 242 valence electrons. The van der Waals surface area contributed by atoms with Gasteiger partial charge in [-0.15, -0.1) is 0 Å². The zero-order valence-corrected chi connectivity index (χ0v) is 27.5. The molecule has 3 aromatic rings. The van der Waals surface area contributed by atoms with Crippen molar-refractivity contribution in [2.75, 3.05) is 20.2 Å². The van der Waals surface area contributed by atoms with Crippen LogP contribution in [0.15, 0.2) is 48.9 Å². The van der Waals surface area contributed by atoms with E-state index in [1.807, 2.05) is 53.6 Å². The van der Waals surface area contributed by atoms with E-state index in [9.17, 15) is 19.2 Å². The van der Waals surface area contributed by atoms with E-state index >= 15 is 0 Å². The highest BCUT2D eigenvalue weighted by atomic mass is 16.6. The number of fused-ring (bicyclic) bond motifs is 1. The monoisotopic (exact) mass is 619 g/mol. The predicted octanol–water partition coefficient (Wildman–Crippen LogP) is 5.26. The third-order valence-corrected chi connectivity index (χ3v) is 8.02. The van der Waals surface area contributed by atoms with Gasteiger partial charge in [0.05, 0.1) is 35.6 Å². The summed E-state index contributed by atoms with van der Waals surface area (Å²) in [4.78, 5) is 60.1. The third-order valence-electron chi connectivity index (χ3n) is 8.02. The highest BCUT2D eigenvalue weighted by molar-refractivity contribution is 6.05. The Morgan fingerprint density at radius 1 is 1.11 bits per heavy atom. The van der Waals surface area contributed by atoms with Gasteiger partial charge in [-0.2, -0.15) is 0 Å². The second-order valence-electron chi connectivity index (χ2n) is 12.8. The number of esters is 1. The first kappa shape index (κ1) is 33.5. The highest BCUT2D eigenvalue weighted by Gasteiger charge is 2.38. The fraction of sp³-hybridized carbons (Fsp3) is 0.500. The summed E-state index contributed by atoms with van der Waals surface area (Å²) in [6.45, 7) is 13.3. The van der Waals surface area contributed by atoms with Crippen molar-refractivity contribution in [2.45, 2.75) is 85.0 Å². The van der Waals surface area contributed by atoms with E-state index in [1.54, 1.807) is 53.2 Å². The van der Waals surface area contributed by atoms with Crippen LogP contribution in [-0.2, 0) is 19.1 Å². The minimum Gasteiger partial charge on any atom is -0.462 e. The molecule has 3 amide bonds. The summed E-state index contributed by atoms with van der Waals surface area (Å²) in [7, 11) is 1.50. The molecule has 0 bridgehead atoms. The van der Waals surface area contributed by atoms with Crippen molar-refractivity contribution in [3.8, 4) is 5.69 Å². The topological polar surface area (TPSA) is 123 Å². The predicted molar refractivity (Wildman–Crippen MR) is 171 cm³/mol. The minimum absolute atomic E-state index is 0.186. The number of carbonyl (C=O) groups excluding carboxylic acids is 4. The molecule has 1 aromatic carbocycles. The number of carbonyl (C=O) groups is 4. The summed E-state index contributed by atoms with van der Waals surface area (Å²) in [5, 5.41) is 3.68. The molecular formula is C34H45N5O6. The van der Waals surface area contributed by atoms with Gasteiger partial charge in [0.1, 0.15) is 17.7 Å².